The number of rotatable bonds is 5. The summed E-state index contributed by atoms with van der Waals surface area (Å²) >= 11 is 0. The van der Waals surface area contributed by atoms with Gasteiger partial charge in [0.2, 0.25) is 11.8 Å². The lowest BCUT2D eigenvalue weighted by Crippen LogP contribution is -2.20. The van der Waals surface area contributed by atoms with E-state index in [-0.39, 0.29) is 18.2 Å². The highest BCUT2D eigenvalue weighted by Gasteiger charge is 2.24. The van der Waals surface area contributed by atoms with Crippen molar-refractivity contribution >= 4 is 23.2 Å². The fourth-order valence-electron chi connectivity index (χ4n) is 2.92. The molecule has 2 aromatic carbocycles. The zero-order valence-electron chi connectivity index (χ0n) is 14.5. The average molecular weight is 340 g/mol. The highest BCUT2D eigenvalue weighted by atomic mass is 16.5. The molecule has 0 aliphatic carbocycles. The molecule has 2 aromatic rings. The third kappa shape index (κ3) is 3.42. The van der Waals surface area contributed by atoms with Gasteiger partial charge in [-0.1, -0.05) is 12.1 Å². The topological polar surface area (TPSA) is 67.9 Å². The summed E-state index contributed by atoms with van der Waals surface area (Å²) in [6.45, 7) is 0. The van der Waals surface area contributed by atoms with Crippen LogP contribution in [0.1, 0.15) is 11.1 Å². The Morgan fingerprint density at radius 3 is 2.68 bits per heavy atom. The number of amides is 2. The Morgan fingerprint density at radius 2 is 1.96 bits per heavy atom. The zero-order valence-corrected chi connectivity index (χ0v) is 14.5. The minimum absolute atomic E-state index is 0.0690. The Hall–Kier alpha value is -3.02. The molecular formula is C19H20N2O4. The van der Waals surface area contributed by atoms with Gasteiger partial charge in [-0.25, -0.2) is 0 Å². The number of hydrogen-bond donors (Lipinski definition) is 1. The van der Waals surface area contributed by atoms with Crippen LogP contribution < -0.4 is 19.7 Å². The number of anilines is 2. The molecule has 0 radical (unpaired) electrons. The van der Waals surface area contributed by atoms with Crippen LogP contribution in [0, 0.1) is 0 Å². The Kier molecular flexibility index (Phi) is 4.61. The first kappa shape index (κ1) is 16.8. The second-order valence-corrected chi connectivity index (χ2v) is 5.88. The van der Waals surface area contributed by atoms with E-state index in [1.807, 2.05) is 18.2 Å². The van der Waals surface area contributed by atoms with Gasteiger partial charge in [-0.3, -0.25) is 9.59 Å². The van der Waals surface area contributed by atoms with Gasteiger partial charge >= 0.3 is 0 Å². The van der Waals surface area contributed by atoms with Crippen LogP contribution in [0.25, 0.3) is 0 Å². The van der Waals surface area contributed by atoms with Crippen LogP contribution in [0.15, 0.2) is 36.4 Å². The molecule has 0 aromatic heterocycles. The predicted molar refractivity (Wildman–Crippen MR) is 95.4 cm³/mol. The zero-order chi connectivity index (χ0) is 18.0. The fraction of sp³-hybridized carbons (Fsp3) is 0.263. The fourth-order valence-corrected chi connectivity index (χ4v) is 2.92. The number of fused-ring (bicyclic) bond motifs is 1. The van der Waals surface area contributed by atoms with E-state index in [2.05, 4.69) is 5.32 Å². The van der Waals surface area contributed by atoms with Crippen molar-refractivity contribution in [1.82, 2.24) is 0 Å². The van der Waals surface area contributed by atoms with Crippen molar-refractivity contribution in [3.8, 4) is 11.5 Å². The Balaban J connectivity index is 1.72. The van der Waals surface area contributed by atoms with E-state index in [0.717, 1.165) is 16.8 Å². The van der Waals surface area contributed by atoms with E-state index < -0.39 is 0 Å². The van der Waals surface area contributed by atoms with Crippen LogP contribution in [0.2, 0.25) is 0 Å². The number of likely N-dealkylation sites (N-methyl/N-ethyl adjacent to an activating group) is 1. The van der Waals surface area contributed by atoms with Crippen molar-refractivity contribution in [3.05, 3.63) is 47.5 Å². The number of hydrogen-bond acceptors (Lipinski definition) is 4. The van der Waals surface area contributed by atoms with E-state index in [1.165, 1.54) is 0 Å². The first-order valence-corrected chi connectivity index (χ1v) is 7.92. The number of carbonyl (C=O) groups excluding carboxylic acids is 2. The summed E-state index contributed by atoms with van der Waals surface area (Å²) < 4.78 is 10.4. The number of benzene rings is 2. The van der Waals surface area contributed by atoms with Crippen molar-refractivity contribution in [2.45, 2.75) is 12.8 Å². The first-order valence-electron chi connectivity index (χ1n) is 7.92. The summed E-state index contributed by atoms with van der Waals surface area (Å²) in [5.74, 6) is 1.11. The summed E-state index contributed by atoms with van der Waals surface area (Å²) in [4.78, 5) is 25.7. The molecule has 1 N–H and O–H groups in total. The van der Waals surface area contributed by atoms with Crippen molar-refractivity contribution in [2.75, 3.05) is 31.5 Å². The summed E-state index contributed by atoms with van der Waals surface area (Å²) in [6, 6.07) is 10.9. The molecule has 6 heteroatoms. The number of nitrogens with one attached hydrogen (secondary N) is 1. The molecule has 1 aliphatic heterocycles. The molecule has 0 unspecified atom stereocenters. The minimum Gasteiger partial charge on any atom is -0.497 e. The molecule has 0 saturated heterocycles. The largest absolute Gasteiger partial charge is 0.497 e. The predicted octanol–water partition coefficient (Wildman–Crippen LogP) is 2.40. The number of carbonyl (C=O) groups is 2. The van der Waals surface area contributed by atoms with Crippen molar-refractivity contribution in [3.63, 3.8) is 0 Å². The van der Waals surface area contributed by atoms with E-state index in [9.17, 15) is 9.59 Å². The van der Waals surface area contributed by atoms with Crippen molar-refractivity contribution < 1.29 is 19.1 Å². The van der Waals surface area contributed by atoms with Gasteiger partial charge in [0, 0.05) is 18.8 Å². The van der Waals surface area contributed by atoms with Gasteiger partial charge in [-0.15, -0.1) is 0 Å². The van der Waals surface area contributed by atoms with Crippen LogP contribution in [0.5, 0.6) is 11.5 Å². The highest BCUT2D eigenvalue weighted by Crippen LogP contribution is 2.30. The Morgan fingerprint density at radius 1 is 1.16 bits per heavy atom. The van der Waals surface area contributed by atoms with Gasteiger partial charge in [0.1, 0.15) is 11.5 Å². The summed E-state index contributed by atoms with van der Waals surface area (Å²) in [6.07, 6.45) is 0.605. The molecular weight excluding hydrogens is 320 g/mol. The van der Waals surface area contributed by atoms with E-state index in [0.29, 0.717) is 23.6 Å². The SMILES string of the molecule is COc1ccc(NC(=O)Cc2ccc3c(c2)CC(=O)N3C)c(OC)c1. The lowest BCUT2D eigenvalue weighted by Gasteiger charge is -2.12. The van der Waals surface area contributed by atoms with Gasteiger partial charge in [-0.05, 0) is 29.3 Å². The van der Waals surface area contributed by atoms with Gasteiger partial charge in [-0.2, -0.15) is 0 Å². The molecule has 0 atom stereocenters. The molecule has 1 heterocycles. The number of ether oxygens (including phenoxy) is 2. The molecule has 0 spiro atoms. The molecule has 130 valence electrons. The van der Waals surface area contributed by atoms with Crippen LogP contribution >= 0.6 is 0 Å². The highest BCUT2D eigenvalue weighted by molar-refractivity contribution is 6.01. The maximum atomic E-state index is 12.4. The number of methoxy groups -OCH3 is 2. The molecule has 0 fully saturated rings. The quantitative estimate of drug-likeness (QED) is 0.908. The van der Waals surface area contributed by atoms with Crippen LogP contribution in [0.3, 0.4) is 0 Å². The van der Waals surface area contributed by atoms with Crippen molar-refractivity contribution in [1.29, 1.82) is 0 Å². The number of nitrogens with zero attached hydrogens (tertiary/aromatic N) is 1. The molecule has 0 saturated carbocycles. The minimum atomic E-state index is -0.152. The average Bonchev–Trinajstić information content (AvgIpc) is 2.89. The molecule has 25 heavy (non-hydrogen) atoms. The van der Waals surface area contributed by atoms with E-state index in [1.54, 1.807) is 44.4 Å². The van der Waals surface area contributed by atoms with Crippen LogP contribution in [-0.4, -0.2) is 33.1 Å². The molecule has 3 rings (SSSR count). The standard InChI is InChI=1S/C19H20N2O4/c1-21-16-7-4-12(8-13(16)10-19(21)23)9-18(22)20-15-6-5-14(24-2)11-17(15)25-3/h4-8,11H,9-10H2,1-3H3,(H,20,22). The maximum absolute atomic E-state index is 12.4. The second-order valence-electron chi connectivity index (χ2n) is 5.88. The van der Waals surface area contributed by atoms with Crippen LogP contribution in [-0.2, 0) is 22.4 Å². The Labute approximate surface area is 146 Å². The van der Waals surface area contributed by atoms with Crippen LogP contribution in [0.4, 0.5) is 11.4 Å². The molecule has 6 nitrogen and oxygen atoms in total. The molecule has 1 aliphatic rings. The lowest BCUT2D eigenvalue weighted by atomic mass is 10.1. The monoisotopic (exact) mass is 340 g/mol. The summed E-state index contributed by atoms with van der Waals surface area (Å²) in [7, 11) is 4.87. The summed E-state index contributed by atoms with van der Waals surface area (Å²) in [5.41, 5.74) is 3.32. The molecule has 2 amide bonds. The second kappa shape index (κ2) is 6.84. The van der Waals surface area contributed by atoms with Gasteiger partial charge in [0.15, 0.2) is 0 Å². The molecule has 0 bridgehead atoms. The third-order valence-corrected chi connectivity index (χ3v) is 4.27. The Bertz CT molecular complexity index is 832. The third-order valence-electron chi connectivity index (χ3n) is 4.27. The van der Waals surface area contributed by atoms with Gasteiger partial charge < -0.3 is 19.7 Å². The maximum Gasteiger partial charge on any atom is 0.231 e. The van der Waals surface area contributed by atoms with E-state index >= 15 is 0 Å². The normalized spacial score (nSPS) is 12.8. The lowest BCUT2D eigenvalue weighted by molar-refractivity contribution is -0.117. The van der Waals surface area contributed by atoms with Crippen molar-refractivity contribution in [2.24, 2.45) is 0 Å². The first-order chi connectivity index (χ1) is 12.0. The summed E-state index contributed by atoms with van der Waals surface area (Å²) in [5, 5.41) is 2.85. The van der Waals surface area contributed by atoms with Gasteiger partial charge in [0.05, 0.1) is 32.7 Å². The van der Waals surface area contributed by atoms with E-state index in [4.69, 9.17) is 9.47 Å². The smallest absolute Gasteiger partial charge is 0.231 e. The van der Waals surface area contributed by atoms with Gasteiger partial charge in [0.25, 0.3) is 0 Å².